The number of hydrogen-bond acceptors (Lipinski definition) is 4. The molecule has 0 aliphatic rings. The topological polar surface area (TPSA) is 84.9 Å². The Bertz CT molecular complexity index is 682. The van der Waals surface area contributed by atoms with Crippen molar-refractivity contribution in [3.8, 4) is 11.5 Å². The number of amides is 1. The maximum atomic E-state index is 11.9. The van der Waals surface area contributed by atoms with E-state index < -0.39 is 5.97 Å². The number of nitrogens with one attached hydrogen (secondary N) is 1. The van der Waals surface area contributed by atoms with Crippen molar-refractivity contribution >= 4 is 17.6 Å². The van der Waals surface area contributed by atoms with E-state index in [1.54, 1.807) is 18.2 Å². The number of ether oxygens (including phenoxy) is 2. The summed E-state index contributed by atoms with van der Waals surface area (Å²) < 4.78 is 10.8. The minimum absolute atomic E-state index is 0.160. The zero-order valence-corrected chi connectivity index (χ0v) is 12.6. The lowest BCUT2D eigenvalue weighted by molar-refractivity contribution is -0.118. The molecule has 0 heterocycles. The number of carboxylic acids is 1. The number of aromatic carboxylic acids is 1. The molecule has 0 radical (unpaired) electrons. The number of benzene rings is 2. The molecule has 0 unspecified atom stereocenters. The molecule has 2 aromatic carbocycles. The monoisotopic (exact) mass is 315 g/mol. The molecule has 0 bridgehead atoms. The minimum atomic E-state index is -1.01. The van der Waals surface area contributed by atoms with Crippen LogP contribution in [-0.4, -0.2) is 30.2 Å². The number of carbonyl (C=O) groups is 2. The SMILES string of the molecule is CCOc1ccccc1NC(=O)COc1ccc(C(=O)O)cc1. The highest BCUT2D eigenvalue weighted by atomic mass is 16.5. The Hall–Kier alpha value is -3.02. The molecule has 0 aromatic heterocycles. The Morgan fingerprint density at radius 3 is 2.39 bits per heavy atom. The van der Waals surface area contributed by atoms with Gasteiger partial charge in [-0.1, -0.05) is 12.1 Å². The van der Waals surface area contributed by atoms with Crippen molar-refractivity contribution in [1.82, 2.24) is 0 Å². The van der Waals surface area contributed by atoms with Crippen LogP contribution in [0.3, 0.4) is 0 Å². The Balaban J connectivity index is 1.91. The fourth-order valence-corrected chi connectivity index (χ4v) is 1.88. The fraction of sp³-hybridized carbons (Fsp3) is 0.176. The second-order valence-corrected chi connectivity index (χ2v) is 4.60. The second kappa shape index (κ2) is 7.84. The van der Waals surface area contributed by atoms with Crippen LogP contribution < -0.4 is 14.8 Å². The van der Waals surface area contributed by atoms with Crippen molar-refractivity contribution in [2.75, 3.05) is 18.5 Å². The smallest absolute Gasteiger partial charge is 0.335 e. The van der Waals surface area contributed by atoms with Crippen molar-refractivity contribution in [1.29, 1.82) is 0 Å². The van der Waals surface area contributed by atoms with Crippen LogP contribution >= 0.6 is 0 Å². The van der Waals surface area contributed by atoms with Gasteiger partial charge in [-0.05, 0) is 43.3 Å². The van der Waals surface area contributed by atoms with Crippen LogP contribution in [-0.2, 0) is 4.79 Å². The second-order valence-electron chi connectivity index (χ2n) is 4.60. The number of rotatable bonds is 7. The Kier molecular flexibility index (Phi) is 5.57. The Morgan fingerprint density at radius 2 is 1.74 bits per heavy atom. The molecular weight excluding hydrogens is 298 g/mol. The van der Waals surface area contributed by atoms with Gasteiger partial charge in [0.15, 0.2) is 6.61 Å². The van der Waals surface area contributed by atoms with E-state index in [1.165, 1.54) is 24.3 Å². The number of para-hydroxylation sites is 2. The third kappa shape index (κ3) is 4.74. The summed E-state index contributed by atoms with van der Waals surface area (Å²) in [7, 11) is 0. The largest absolute Gasteiger partial charge is 0.492 e. The maximum absolute atomic E-state index is 11.9. The molecule has 0 aliphatic heterocycles. The number of carboxylic acid groups (broad SMARTS) is 1. The molecule has 0 spiro atoms. The van der Waals surface area contributed by atoms with Gasteiger partial charge in [0, 0.05) is 0 Å². The molecule has 6 heteroatoms. The third-order valence-corrected chi connectivity index (χ3v) is 2.93. The van der Waals surface area contributed by atoms with Gasteiger partial charge >= 0.3 is 5.97 Å². The minimum Gasteiger partial charge on any atom is -0.492 e. The summed E-state index contributed by atoms with van der Waals surface area (Å²) in [4.78, 5) is 22.7. The fourth-order valence-electron chi connectivity index (χ4n) is 1.88. The van der Waals surface area contributed by atoms with Crippen molar-refractivity contribution in [2.24, 2.45) is 0 Å². The van der Waals surface area contributed by atoms with E-state index in [1.807, 2.05) is 13.0 Å². The number of carbonyl (C=O) groups excluding carboxylic acids is 1. The Morgan fingerprint density at radius 1 is 1.04 bits per heavy atom. The van der Waals surface area contributed by atoms with Crippen LogP contribution in [0.5, 0.6) is 11.5 Å². The van der Waals surface area contributed by atoms with E-state index in [0.717, 1.165) is 0 Å². The molecule has 0 saturated carbocycles. The van der Waals surface area contributed by atoms with Gasteiger partial charge < -0.3 is 19.9 Å². The van der Waals surface area contributed by atoms with Crippen molar-refractivity contribution in [3.63, 3.8) is 0 Å². The van der Waals surface area contributed by atoms with Gasteiger partial charge in [-0.15, -0.1) is 0 Å². The molecule has 0 saturated heterocycles. The average Bonchev–Trinajstić information content (AvgIpc) is 2.55. The van der Waals surface area contributed by atoms with Gasteiger partial charge in [-0.2, -0.15) is 0 Å². The molecule has 0 aliphatic carbocycles. The molecule has 120 valence electrons. The van der Waals surface area contributed by atoms with Gasteiger partial charge in [0.05, 0.1) is 17.9 Å². The highest BCUT2D eigenvalue weighted by Gasteiger charge is 2.08. The highest BCUT2D eigenvalue weighted by Crippen LogP contribution is 2.23. The van der Waals surface area contributed by atoms with Gasteiger partial charge in [0.25, 0.3) is 5.91 Å². The first-order valence-electron chi connectivity index (χ1n) is 7.08. The summed E-state index contributed by atoms with van der Waals surface area (Å²) in [5.41, 5.74) is 0.733. The molecule has 0 atom stereocenters. The van der Waals surface area contributed by atoms with Crippen molar-refractivity contribution < 1.29 is 24.2 Å². The molecule has 6 nitrogen and oxygen atoms in total. The summed E-state index contributed by atoms with van der Waals surface area (Å²) >= 11 is 0. The lowest BCUT2D eigenvalue weighted by Crippen LogP contribution is -2.20. The van der Waals surface area contributed by atoms with Gasteiger partial charge in [0.2, 0.25) is 0 Å². The molecule has 2 aromatic rings. The average molecular weight is 315 g/mol. The first-order valence-corrected chi connectivity index (χ1v) is 7.08. The normalized spacial score (nSPS) is 9.96. The molecule has 2 rings (SSSR count). The summed E-state index contributed by atoms with van der Waals surface area (Å²) in [5.74, 6) is -0.335. The first kappa shape index (κ1) is 16.4. The maximum Gasteiger partial charge on any atom is 0.335 e. The zero-order valence-electron chi connectivity index (χ0n) is 12.6. The summed E-state index contributed by atoms with van der Waals surface area (Å²) in [6.07, 6.45) is 0. The van der Waals surface area contributed by atoms with E-state index in [2.05, 4.69) is 5.32 Å². The van der Waals surface area contributed by atoms with Crippen LogP contribution in [0.2, 0.25) is 0 Å². The van der Waals surface area contributed by atoms with E-state index in [0.29, 0.717) is 23.8 Å². The quantitative estimate of drug-likeness (QED) is 0.820. The molecule has 1 amide bonds. The molecule has 0 fully saturated rings. The standard InChI is InChI=1S/C17H17NO5/c1-2-22-15-6-4-3-5-14(15)18-16(19)11-23-13-9-7-12(8-10-13)17(20)21/h3-10H,2,11H2,1H3,(H,18,19)(H,20,21). The van der Waals surface area contributed by atoms with Crippen LogP contribution in [0.1, 0.15) is 17.3 Å². The van der Waals surface area contributed by atoms with Gasteiger partial charge in [-0.3, -0.25) is 4.79 Å². The van der Waals surface area contributed by atoms with Crippen LogP contribution in [0, 0.1) is 0 Å². The summed E-state index contributed by atoms with van der Waals surface area (Å²) in [6.45, 7) is 2.18. The predicted molar refractivity (Wildman–Crippen MR) is 85.1 cm³/mol. The van der Waals surface area contributed by atoms with E-state index >= 15 is 0 Å². The number of hydrogen-bond donors (Lipinski definition) is 2. The predicted octanol–water partition coefficient (Wildman–Crippen LogP) is 2.80. The summed E-state index contributed by atoms with van der Waals surface area (Å²) in [5, 5.41) is 11.5. The zero-order chi connectivity index (χ0) is 16.7. The lowest BCUT2D eigenvalue weighted by atomic mass is 10.2. The van der Waals surface area contributed by atoms with Crippen molar-refractivity contribution in [2.45, 2.75) is 6.92 Å². The molecule has 2 N–H and O–H groups in total. The van der Waals surface area contributed by atoms with Crippen LogP contribution in [0.4, 0.5) is 5.69 Å². The molecular formula is C17H17NO5. The van der Waals surface area contributed by atoms with E-state index in [-0.39, 0.29) is 18.1 Å². The van der Waals surface area contributed by atoms with E-state index in [4.69, 9.17) is 14.6 Å². The Labute approximate surface area is 133 Å². The molecule has 23 heavy (non-hydrogen) atoms. The number of anilines is 1. The summed E-state index contributed by atoms with van der Waals surface area (Å²) in [6, 6.07) is 13.0. The third-order valence-electron chi connectivity index (χ3n) is 2.93. The lowest BCUT2D eigenvalue weighted by Gasteiger charge is -2.11. The van der Waals surface area contributed by atoms with Gasteiger partial charge in [0.1, 0.15) is 11.5 Å². The van der Waals surface area contributed by atoms with E-state index in [9.17, 15) is 9.59 Å². The van der Waals surface area contributed by atoms with Crippen LogP contribution in [0.15, 0.2) is 48.5 Å². The first-order chi connectivity index (χ1) is 11.1. The van der Waals surface area contributed by atoms with Crippen LogP contribution in [0.25, 0.3) is 0 Å². The van der Waals surface area contributed by atoms with Crippen molar-refractivity contribution in [3.05, 3.63) is 54.1 Å². The van der Waals surface area contributed by atoms with Gasteiger partial charge in [-0.25, -0.2) is 4.79 Å². The highest BCUT2D eigenvalue weighted by molar-refractivity contribution is 5.93.